The van der Waals surface area contributed by atoms with E-state index in [0.717, 1.165) is 24.4 Å². The summed E-state index contributed by atoms with van der Waals surface area (Å²) in [6.07, 6.45) is 9.66. The Labute approximate surface area is 132 Å². The van der Waals surface area contributed by atoms with Crippen LogP contribution in [-0.4, -0.2) is 55.1 Å². The normalized spacial score (nSPS) is 24.6. The molecule has 0 aromatic rings. The molecule has 0 amide bonds. The lowest BCUT2D eigenvalue weighted by molar-refractivity contribution is 0.0896. The second-order valence-electron chi connectivity index (χ2n) is 7.69. The molecule has 2 rings (SSSR count). The Balaban J connectivity index is 1.64. The molecule has 0 aromatic heterocycles. The SMILES string of the molecule is CC(C)CC(CN)CCN1CCC(N2CCCCC2)CC1. The molecule has 124 valence electrons. The van der Waals surface area contributed by atoms with Crippen LogP contribution >= 0.6 is 0 Å². The van der Waals surface area contributed by atoms with Crippen molar-refractivity contribution in [2.45, 2.75) is 64.8 Å². The van der Waals surface area contributed by atoms with Crippen LogP contribution in [0, 0.1) is 11.8 Å². The van der Waals surface area contributed by atoms with Gasteiger partial charge in [0.25, 0.3) is 0 Å². The molecule has 1 atom stereocenters. The van der Waals surface area contributed by atoms with Gasteiger partial charge in [-0.25, -0.2) is 0 Å². The molecule has 0 aromatic carbocycles. The molecule has 2 N–H and O–H groups in total. The molecule has 3 nitrogen and oxygen atoms in total. The van der Waals surface area contributed by atoms with E-state index in [9.17, 15) is 0 Å². The van der Waals surface area contributed by atoms with E-state index in [1.165, 1.54) is 77.7 Å². The Kier molecular flexibility index (Phi) is 7.48. The van der Waals surface area contributed by atoms with Crippen molar-refractivity contribution in [2.24, 2.45) is 17.6 Å². The second kappa shape index (κ2) is 9.12. The first kappa shape index (κ1) is 17.2. The number of piperidine rings is 2. The fourth-order valence-electron chi connectivity index (χ4n) is 4.16. The number of hydrogen-bond donors (Lipinski definition) is 1. The standard InChI is InChI=1S/C18H37N3/c1-16(2)14-17(15-19)6-11-20-12-7-18(8-13-20)21-9-4-3-5-10-21/h16-18H,3-15,19H2,1-2H3. The average molecular weight is 296 g/mol. The Morgan fingerprint density at radius 3 is 2.24 bits per heavy atom. The zero-order chi connectivity index (χ0) is 15.1. The molecule has 2 heterocycles. The van der Waals surface area contributed by atoms with Crippen molar-refractivity contribution in [3.8, 4) is 0 Å². The van der Waals surface area contributed by atoms with Gasteiger partial charge in [0.05, 0.1) is 0 Å². The van der Waals surface area contributed by atoms with Crippen LogP contribution in [0.1, 0.15) is 58.8 Å². The fraction of sp³-hybridized carbons (Fsp3) is 1.00. The van der Waals surface area contributed by atoms with Gasteiger partial charge < -0.3 is 15.5 Å². The molecule has 0 bridgehead atoms. The third kappa shape index (κ3) is 5.88. The molecule has 3 heteroatoms. The molecule has 2 fully saturated rings. The maximum absolute atomic E-state index is 5.93. The van der Waals surface area contributed by atoms with Gasteiger partial charge >= 0.3 is 0 Å². The van der Waals surface area contributed by atoms with Crippen molar-refractivity contribution < 1.29 is 0 Å². The van der Waals surface area contributed by atoms with Crippen LogP contribution in [0.25, 0.3) is 0 Å². The number of nitrogens with two attached hydrogens (primary N) is 1. The van der Waals surface area contributed by atoms with E-state index in [2.05, 4.69) is 23.6 Å². The summed E-state index contributed by atoms with van der Waals surface area (Å²) < 4.78 is 0. The Morgan fingerprint density at radius 1 is 1.00 bits per heavy atom. The summed E-state index contributed by atoms with van der Waals surface area (Å²) in [5, 5.41) is 0. The number of likely N-dealkylation sites (tertiary alicyclic amines) is 2. The molecular formula is C18H37N3. The second-order valence-corrected chi connectivity index (χ2v) is 7.69. The largest absolute Gasteiger partial charge is 0.330 e. The highest BCUT2D eigenvalue weighted by Crippen LogP contribution is 2.22. The van der Waals surface area contributed by atoms with Gasteiger partial charge in [-0.15, -0.1) is 0 Å². The summed E-state index contributed by atoms with van der Waals surface area (Å²) in [7, 11) is 0. The maximum Gasteiger partial charge on any atom is 0.0120 e. The fourth-order valence-corrected chi connectivity index (χ4v) is 4.16. The van der Waals surface area contributed by atoms with Gasteiger partial charge in [0.15, 0.2) is 0 Å². The first-order chi connectivity index (χ1) is 10.2. The molecule has 0 radical (unpaired) electrons. The monoisotopic (exact) mass is 295 g/mol. The van der Waals surface area contributed by atoms with Gasteiger partial charge in [-0.05, 0) is 89.6 Å². The molecule has 1 unspecified atom stereocenters. The van der Waals surface area contributed by atoms with Crippen LogP contribution in [0.2, 0.25) is 0 Å². The molecule has 21 heavy (non-hydrogen) atoms. The van der Waals surface area contributed by atoms with Crippen LogP contribution in [-0.2, 0) is 0 Å². The lowest BCUT2D eigenvalue weighted by Gasteiger charge is -2.40. The highest BCUT2D eigenvalue weighted by Gasteiger charge is 2.25. The van der Waals surface area contributed by atoms with Gasteiger partial charge in [0.1, 0.15) is 0 Å². The van der Waals surface area contributed by atoms with Gasteiger partial charge in [0, 0.05) is 6.04 Å². The van der Waals surface area contributed by atoms with Gasteiger partial charge in [-0.1, -0.05) is 20.3 Å². The first-order valence-corrected chi connectivity index (χ1v) is 9.35. The summed E-state index contributed by atoms with van der Waals surface area (Å²) in [4.78, 5) is 5.45. The van der Waals surface area contributed by atoms with E-state index in [0.29, 0.717) is 0 Å². The average Bonchev–Trinajstić information content (AvgIpc) is 2.52. The van der Waals surface area contributed by atoms with Crippen molar-refractivity contribution >= 4 is 0 Å². The molecule has 2 saturated heterocycles. The predicted molar refractivity (Wildman–Crippen MR) is 91.5 cm³/mol. The maximum atomic E-state index is 5.93. The van der Waals surface area contributed by atoms with E-state index in [4.69, 9.17) is 5.73 Å². The Bertz CT molecular complexity index is 266. The quantitative estimate of drug-likeness (QED) is 0.784. The van der Waals surface area contributed by atoms with Crippen LogP contribution in [0.3, 0.4) is 0 Å². The molecule has 0 spiro atoms. The third-order valence-electron chi connectivity index (χ3n) is 5.46. The predicted octanol–water partition coefficient (Wildman–Crippen LogP) is 2.95. The van der Waals surface area contributed by atoms with Crippen LogP contribution < -0.4 is 5.73 Å². The summed E-state index contributed by atoms with van der Waals surface area (Å²) in [6.45, 7) is 12.1. The lowest BCUT2D eigenvalue weighted by atomic mass is 9.93. The minimum atomic E-state index is 0.727. The smallest absolute Gasteiger partial charge is 0.0120 e. The number of rotatable bonds is 7. The highest BCUT2D eigenvalue weighted by atomic mass is 15.2. The van der Waals surface area contributed by atoms with E-state index in [-0.39, 0.29) is 0 Å². The molecule has 2 aliphatic heterocycles. The lowest BCUT2D eigenvalue weighted by Crippen LogP contribution is -2.47. The van der Waals surface area contributed by atoms with Crippen LogP contribution in [0.15, 0.2) is 0 Å². The van der Waals surface area contributed by atoms with Crippen molar-refractivity contribution in [3.63, 3.8) is 0 Å². The minimum absolute atomic E-state index is 0.727. The summed E-state index contributed by atoms with van der Waals surface area (Å²) in [5.41, 5.74) is 5.93. The van der Waals surface area contributed by atoms with E-state index in [1.807, 2.05) is 0 Å². The highest BCUT2D eigenvalue weighted by molar-refractivity contribution is 4.81. The van der Waals surface area contributed by atoms with Crippen LogP contribution in [0.4, 0.5) is 0 Å². The van der Waals surface area contributed by atoms with E-state index >= 15 is 0 Å². The third-order valence-corrected chi connectivity index (χ3v) is 5.46. The molecule has 0 aliphatic carbocycles. The zero-order valence-corrected chi connectivity index (χ0v) is 14.4. The van der Waals surface area contributed by atoms with Crippen LogP contribution in [0.5, 0.6) is 0 Å². The topological polar surface area (TPSA) is 32.5 Å². The van der Waals surface area contributed by atoms with Crippen molar-refractivity contribution in [1.82, 2.24) is 9.80 Å². The first-order valence-electron chi connectivity index (χ1n) is 9.35. The molecular weight excluding hydrogens is 258 g/mol. The van der Waals surface area contributed by atoms with Gasteiger partial charge in [-0.3, -0.25) is 0 Å². The summed E-state index contributed by atoms with van der Waals surface area (Å²) in [5.74, 6) is 1.51. The molecule has 0 saturated carbocycles. The Morgan fingerprint density at radius 2 is 1.67 bits per heavy atom. The van der Waals surface area contributed by atoms with E-state index in [1.54, 1.807) is 0 Å². The summed E-state index contributed by atoms with van der Waals surface area (Å²) >= 11 is 0. The van der Waals surface area contributed by atoms with Crippen molar-refractivity contribution in [3.05, 3.63) is 0 Å². The molecule has 2 aliphatic rings. The van der Waals surface area contributed by atoms with Crippen molar-refractivity contribution in [1.29, 1.82) is 0 Å². The Hall–Kier alpha value is -0.120. The summed E-state index contributed by atoms with van der Waals surface area (Å²) in [6, 6.07) is 0.877. The zero-order valence-electron chi connectivity index (χ0n) is 14.4. The minimum Gasteiger partial charge on any atom is -0.330 e. The van der Waals surface area contributed by atoms with Crippen molar-refractivity contribution in [2.75, 3.05) is 39.3 Å². The number of hydrogen-bond acceptors (Lipinski definition) is 3. The number of nitrogens with zero attached hydrogens (tertiary/aromatic N) is 2. The van der Waals surface area contributed by atoms with E-state index < -0.39 is 0 Å². The van der Waals surface area contributed by atoms with Gasteiger partial charge in [-0.2, -0.15) is 0 Å². The van der Waals surface area contributed by atoms with Gasteiger partial charge in [0.2, 0.25) is 0 Å².